The molecule has 0 amide bonds. The summed E-state index contributed by atoms with van der Waals surface area (Å²) in [5, 5.41) is 0. The number of rotatable bonds is 7. The van der Waals surface area contributed by atoms with Crippen molar-refractivity contribution in [2.45, 2.75) is 52.0 Å². The average molecular weight is 592 g/mol. The van der Waals surface area contributed by atoms with Gasteiger partial charge in [0.15, 0.2) is 4.80 Å². The van der Waals surface area contributed by atoms with E-state index in [4.69, 9.17) is 9.73 Å². The lowest BCUT2D eigenvalue weighted by molar-refractivity contribution is -0.138. The normalized spacial score (nSPS) is 17.2. The van der Waals surface area contributed by atoms with Gasteiger partial charge in [0.05, 0.1) is 28.5 Å². The molecular formula is C36H37N3O3S. The summed E-state index contributed by atoms with van der Waals surface area (Å²) < 4.78 is 7.83. The lowest BCUT2D eigenvalue weighted by Crippen LogP contribution is -2.40. The van der Waals surface area contributed by atoms with Gasteiger partial charge in [-0.15, -0.1) is 0 Å². The van der Waals surface area contributed by atoms with Gasteiger partial charge in [-0.1, -0.05) is 91.9 Å². The third kappa shape index (κ3) is 5.87. The highest BCUT2D eigenvalue weighted by atomic mass is 32.1. The van der Waals surface area contributed by atoms with Crippen molar-refractivity contribution >= 4 is 34.8 Å². The van der Waals surface area contributed by atoms with Gasteiger partial charge in [-0.2, -0.15) is 0 Å². The molecule has 1 fully saturated rings. The molecule has 4 aromatic rings. The summed E-state index contributed by atoms with van der Waals surface area (Å²) in [6, 6.07) is 25.6. The second kappa shape index (κ2) is 12.6. The van der Waals surface area contributed by atoms with Crippen molar-refractivity contribution < 1.29 is 9.53 Å². The van der Waals surface area contributed by atoms with Crippen LogP contribution in [0, 0.1) is 0 Å². The molecule has 6 rings (SSSR count). The molecule has 7 heteroatoms. The molecule has 0 aliphatic carbocycles. The highest BCUT2D eigenvalue weighted by Gasteiger charge is 2.35. The molecule has 0 bridgehead atoms. The third-order valence-electron chi connectivity index (χ3n) is 8.20. The third-order valence-corrected chi connectivity index (χ3v) is 9.19. The number of hydrogen-bond donors (Lipinski definition) is 0. The zero-order chi connectivity index (χ0) is 29.9. The number of nitrogens with zero attached hydrogens (tertiary/aromatic N) is 3. The lowest BCUT2D eigenvalue weighted by Gasteiger charge is -2.28. The molecule has 2 aliphatic heterocycles. The van der Waals surface area contributed by atoms with Crippen LogP contribution in [0.15, 0.2) is 94.2 Å². The van der Waals surface area contributed by atoms with Crippen LogP contribution in [0.5, 0.6) is 0 Å². The van der Waals surface area contributed by atoms with E-state index in [0.29, 0.717) is 26.5 Å². The summed E-state index contributed by atoms with van der Waals surface area (Å²) in [5.74, 6) is -0.108. The Balaban J connectivity index is 1.51. The minimum absolute atomic E-state index is 0.171. The molecule has 2 aliphatic rings. The quantitative estimate of drug-likeness (QED) is 0.246. The number of esters is 1. The Bertz CT molecular complexity index is 1810. The predicted molar refractivity (Wildman–Crippen MR) is 174 cm³/mol. The van der Waals surface area contributed by atoms with E-state index in [9.17, 15) is 9.59 Å². The van der Waals surface area contributed by atoms with Gasteiger partial charge in [0.25, 0.3) is 5.56 Å². The fourth-order valence-electron chi connectivity index (χ4n) is 5.90. The van der Waals surface area contributed by atoms with Crippen molar-refractivity contribution in [1.82, 2.24) is 4.57 Å². The highest BCUT2D eigenvalue weighted by molar-refractivity contribution is 7.07. The van der Waals surface area contributed by atoms with Crippen molar-refractivity contribution in [3.63, 3.8) is 0 Å². The topological polar surface area (TPSA) is 63.9 Å². The summed E-state index contributed by atoms with van der Waals surface area (Å²) in [7, 11) is 0. The first kappa shape index (κ1) is 28.9. The van der Waals surface area contributed by atoms with E-state index < -0.39 is 12.0 Å². The number of carbonyl (C=O) groups is 1. The van der Waals surface area contributed by atoms with Crippen molar-refractivity contribution in [3.05, 3.63) is 126 Å². The van der Waals surface area contributed by atoms with Gasteiger partial charge >= 0.3 is 5.97 Å². The minimum Gasteiger partial charge on any atom is -0.463 e. The summed E-state index contributed by atoms with van der Waals surface area (Å²) in [6.07, 6.45) is 5.67. The van der Waals surface area contributed by atoms with E-state index in [1.165, 1.54) is 41.9 Å². The van der Waals surface area contributed by atoms with Gasteiger partial charge < -0.3 is 9.64 Å². The number of aromatic nitrogens is 1. The fraction of sp³-hybridized carbons (Fsp3) is 0.306. The van der Waals surface area contributed by atoms with E-state index in [1.54, 1.807) is 11.5 Å². The van der Waals surface area contributed by atoms with E-state index in [2.05, 4.69) is 55.1 Å². The first-order valence-corrected chi connectivity index (χ1v) is 16.0. The van der Waals surface area contributed by atoms with Crippen LogP contribution in [-0.4, -0.2) is 30.2 Å². The highest BCUT2D eigenvalue weighted by Crippen LogP contribution is 2.35. The number of fused-ring (bicyclic) bond motifs is 1. The van der Waals surface area contributed by atoms with Gasteiger partial charge in [0.2, 0.25) is 0 Å². The Hall–Kier alpha value is -4.23. The fourth-order valence-corrected chi connectivity index (χ4v) is 6.90. The minimum atomic E-state index is -0.671. The molecule has 3 aromatic carbocycles. The first-order chi connectivity index (χ1) is 20.9. The number of hydrogen-bond acceptors (Lipinski definition) is 6. The summed E-state index contributed by atoms with van der Waals surface area (Å²) >= 11 is 1.35. The second-order valence-electron chi connectivity index (χ2n) is 11.4. The summed E-state index contributed by atoms with van der Waals surface area (Å²) in [5.41, 5.74) is 5.75. The van der Waals surface area contributed by atoms with E-state index >= 15 is 0 Å². The maximum Gasteiger partial charge on any atom is 0.338 e. The molecule has 1 aromatic heterocycles. The van der Waals surface area contributed by atoms with Crippen LogP contribution in [0.25, 0.3) is 11.8 Å². The molecule has 1 atom stereocenters. The van der Waals surface area contributed by atoms with E-state index in [-0.39, 0.29) is 12.2 Å². The van der Waals surface area contributed by atoms with Crippen LogP contribution in [0.2, 0.25) is 0 Å². The van der Waals surface area contributed by atoms with Crippen LogP contribution in [0.1, 0.15) is 74.2 Å². The van der Waals surface area contributed by atoms with Gasteiger partial charge in [-0.05, 0) is 67.0 Å². The Morgan fingerprint density at radius 3 is 2.33 bits per heavy atom. The SMILES string of the molecule is CCOC(=O)C1=C(c2ccccc2)N=c2s/c(=C/c3ccc(N4CCCCC4)cc3)c(=O)n2[C@H]1c1ccc(C(C)C)cc1. The van der Waals surface area contributed by atoms with Crippen LogP contribution < -0.4 is 19.8 Å². The van der Waals surface area contributed by atoms with E-state index in [0.717, 1.165) is 29.8 Å². The van der Waals surface area contributed by atoms with Crippen molar-refractivity contribution in [3.8, 4) is 0 Å². The van der Waals surface area contributed by atoms with Crippen LogP contribution in [0.3, 0.4) is 0 Å². The van der Waals surface area contributed by atoms with Crippen LogP contribution in [0.4, 0.5) is 5.69 Å². The van der Waals surface area contributed by atoms with Crippen LogP contribution >= 0.6 is 11.3 Å². The molecule has 6 nitrogen and oxygen atoms in total. The van der Waals surface area contributed by atoms with Gasteiger partial charge in [-0.25, -0.2) is 9.79 Å². The molecule has 0 spiro atoms. The monoisotopic (exact) mass is 591 g/mol. The van der Waals surface area contributed by atoms with Gasteiger partial charge in [-0.3, -0.25) is 9.36 Å². The molecule has 0 N–H and O–H groups in total. The van der Waals surface area contributed by atoms with E-state index in [1.807, 2.05) is 48.5 Å². The van der Waals surface area contributed by atoms with Crippen LogP contribution in [-0.2, 0) is 9.53 Å². The van der Waals surface area contributed by atoms with Crippen molar-refractivity contribution in [1.29, 1.82) is 0 Å². The molecule has 0 saturated carbocycles. The maximum absolute atomic E-state index is 14.2. The Morgan fingerprint density at radius 1 is 0.977 bits per heavy atom. The number of anilines is 1. The molecular weight excluding hydrogens is 554 g/mol. The Kier molecular flexibility index (Phi) is 8.43. The van der Waals surface area contributed by atoms with Gasteiger partial charge in [0, 0.05) is 24.3 Å². The summed E-state index contributed by atoms with van der Waals surface area (Å²) in [6.45, 7) is 8.48. The number of piperidine rings is 1. The number of carbonyl (C=O) groups excluding carboxylic acids is 1. The largest absolute Gasteiger partial charge is 0.463 e. The summed E-state index contributed by atoms with van der Waals surface area (Å²) in [4.78, 5) is 35.8. The standard InChI is InChI=1S/C36H37N3O3S/c1-4-42-35(41)31-32(27-11-7-5-8-12-27)37-36-39(33(31)28-17-15-26(16-18-28)24(2)3)34(40)30(43-36)23-25-13-19-29(20-14-25)38-21-9-6-10-22-38/h5,7-8,11-20,23-24,33H,4,6,9-10,21-22H2,1-3H3/b30-23+/t33-/m0/s1. The van der Waals surface area contributed by atoms with Crippen molar-refractivity contribution in [2.75, 3.05) is 24.6 Å². The lowest BCUT2D eigenvalue weighted by atomic mass is 9.91. The number of ether oxygens (including phenoxy) is 1. The molecule has 0 unspecified atom stereocenters. The Morgan fingerprint density at radius 2 is 1.67 bits per heavy atom. The zero-order valence-corrected chi connectivity index (χ0v) is 25.8. The van der Waals surface area contributed by atoms with Gasteiger partial charge in [0.1, 0.15) is 0 Å². The van der Waals surface area contributed by atoms with Crippen molar-refractivity contribution in [2.24, 2.45) is 4.99 Å². The zero-order valence-electron chi connectivity index (χ0n) is 25.0. The number of benzene rings is 3. The molecule has 3 heterocycles. The Labute approximate surface area is 256 Å². The molecule has 1 saturated heterocycles. The molecule has 220 valence electrons. The molecule has 0 radical (unpaired) electrons. The predicted octanol–water partition coefficient (Wildman–Crippen LogP) is 6.05. The first-order valence-electron chi connectivity index (χ1n) is 15.2. The smallest absolute Gasteiger partial charge is 0.338 e. The second-order valence-corrected chi connectivity index (χ2v) is 12.4. The average Bonchev–Trinajstić information content (AvgIpc) is 3.35. The maximum atomic E-state index is 14.2. The molecule has 43 heavy (non-hydrogen) atoms. The number of thiazole rings is 1.